The molecule has 1 atom stereocenters. The molecule has 1 fully saturated rings. The number of Topliss-reactive ketones (excluding diaryl/α,β-unsaturated/α-hetero) is 1. The Bertz CT molecular complexity index is 698. The number of thioether (sulfide) groups is 1. The van der Waals surface area contributed by atoms with Gasteiger partial charge in [-0.15, -0.1) is 22.6 Å². The third-order valence-corrected chi connectivity index (χ3v) is 6.42. The third kappa shape index (κ3) is 6.82. The molecule has 0 radical (unpaired) electrons. The lowest BCUT2D eigenvalue weighted by molar-refractivity contribution is -0.122. The van der Waals surface area contributed by atoms with Crippen LogP contribution in [0, 0.1) is 5.92 Å². The molecule has 0 spiro atoms. The standard InChI is InChI=1S/C21H32N4O3S.ClH/c1-16(2)14-18(25(15-26)17-8-4-3-5-9-17)19(27)20-22-23-21(28-20)29-13-12-24-10-6-7-11-24;/h6-7,15-18H,3-5,8-14H2,1-2H3;1H. The van der Waals surface area contributed by atoms with Gasteiger partial charge in [-0.05, 0) is 25.2 Å². The maximum absolute atomic E-state index is 13.2. The SMILES string of the molecule is CC(C)CC(C(=O)c1nnc(SCCN2CC=CC2)o1)N(C=O)C1CCCCC1.Cl. The first-order chi connectivity index (χ1) is 14.1. The summed E-state index contributed by atoms with van der Waals surface area (Å²) < 4.78 is 5.67. The molecule has 0 N–H and O–H groups in total. The van der Waals surface area contributed by atoms with E-state index in [1.165, 1.54) is 18.2 Å². The van der Waals surface area contributed by atoms with E-state index in [0.717, 1.165) is 57.5 Å². The van der Waals surface area contributed by atoms with Gasteiger partial charge in [-0.1, -0.05) is 57.0 Å². The second kappa shape index (κ2) is 12.5. The summed E-state index contributed by atoms with van der Waals surface area (Å²) in [6.07, 6.45) is 11.1. The summed E-state index contributed by atoms with van der Waals surface area (Å²) in [5.74, 6) is 0.888. The number of carbonyl (C=O) groups is 2. The van der Waals surface area contributed by atoms with Gasteiger partial charge in [0.25, 0.3) is 11.1 Å². The lowest BCUT2D eigenvalue weighted by Crippen LogP contribution is -2.48. The van der Waals surface area contributed by atoms with Crippen LogP contribution in [0.15, 0.2) is 21.8 Å². The van der Waals surface area contributed by atoms with E-state index in [2.05, 4.69) is 41.1 Å². The number of nitrogens with zero attached hydrogens (tertiary/aromatic N) is 4. The van der Waals surface area contributed by atoms with Crippen LogP contribution in [0.3, 0.4) is 0 Å². The monoisotopic (exact) mass is 456 g/mol. The Morgan fingerprint density at radius 1 is 1.27 bits per heavy atom. The van der Waals surface area contributed by atoms with Crippen molar-refractivity contribution in [3.8, 4) is 0 Å². The molecule has 1 aliphatic heterocycles. The Hall–Kier alpha value is -1.38. The third-order valence-electron chi connectivity index (χ3n) is 5.62. The van der Waals surface area contributed by atoms with Gasteiger partial charge in [0.2, 0.25) is 12.2 Å². The molecule has 2 heterocycles. The van der Waals surface area contributed by atoms with Gasteiger partial charge in [0.15, 0.2) is 0 Å². The normalized spacial score (nSPS) is 18.4. The van der Waals surface area contributed by atoms with Crippen molar-refractivity contribution < 1.29 is 14.0 Å². The number of halogens is 1. The number of amides is 1. The number of hydrogen-bond acceptors (Lipinski definition) is 7. The van der Waals surface area contributed by atoms with Gasteiger partial charge in [-0.2, -0.15) is 0 Å². The summed E-state index contributed by atoms with van der Waals surface area (Å²) in [6, 6.07) is -0.413. The van der Waals surface area contributed by atoms with Crippen molar-refractivity contribution in [2.75, 3.05) is 25.4 Å². The second-order valence-corrected chi connectivity index (χ2v) is 9.35. The average molecular weight is 457 g/mol. The Morgan fingerprint density at radius 3 is 2.60 bits per heavy atom. The lowest BCUT2D eigenvalue weighted by atomic mass is 9.91. The van der Waals surface area contributed by atoms with Crippen LogP contribution in [0.4, 0.5) is 0 Å². The van der Waals surface area contributed by atoms with Gasteiger partial charge in [0.1, 0.15) is 6.04 Å². The quantitative estimate of drug-likeness (QED) is 0.216. The first-order valence-electron chi connectivity index (χ1n) is 10.7. The van der Waals surface area contributed by atoms with Gasteiger partial charge < -0.3 is 9.32 Å². The fourth-order valence-electron chi connectivity index (χ4n) is 4.08. The summed E-state index contributed by atoms with van der Waals surface area (Å²) in [5.41, 5.74) is 0. The molecule has 0 bridgehead atoms. The lowest BCUT2D eigenvalue weighted by Gasteiger charge is -2.36. The molecule has 1 saturated carbocycles. The highest BCUT2D eigenvalue weighted by atomic mass is 35.5. The van der Waals surface area contributed by atoms with Crippen LogP contribution in [-0.2, 0) is 4.79 Å². The van der Waals surface area contributed by atoms with Gasteiger partial charge in [-0.3, -0.25) is 14.5 Å². The molecule has 1 amide bonds. The van der Waals surface area contributed by atoms with E-state index in [4.69, 9.17) is 4.42 Å². The van der Waals surface area contributed by atoms with E-state index < -0.39 is 6.04 Å². The van der Waals surface area contributed by atoms with Crippen molar-refractivity contribution >= 4 is 36.4 Å². The van der Waals surface area contributed by atoms with Crippen LogP contribution in [0.1, 0.15) is 63.1 Å². The molecule has 7 nitrogen and oxygen atoms in total. The molecule has 168 valence electrons. The van der Waals surface area contributed by atoms with Crippen molar-refractivity contribution in [1.82, 2.24) is 20.0 Å². The molecule has 9 heteroatoms. The van der Waals surface area contributed by atoms with E-state index in [-0.39, 0.29) is 36.0 Å². The largest absolute Gasteiger partial charge is 0.408 e. The van der Waals surface area contributed by atoms with Crippen molar-refractivity contribution in [3.05, 3.63) is 18.0 Å². The van der Waals surface area contributed by atoms with E-state index in [9.17, 15) is 9.59 Å². The number of ketones is 1. The fraction of sp³-hybridized carbons (Fsp3) is 0.714. The van der Waals surface area contributed by atoms with Gasteiger partial charge in [-0.25, -0.2) is 0 Å². The zero-order valence-corrected chi connectivity index (χ0v) is 19.5. The summed E-state index contributed by atoms with van der Waals surface area (Å²) in [6.45, 7) is 7.01. The van der Waals surface area contributed by atoms with Gasteiger partial charge in [0, 0.05) is 31.4 Å². The molecular formula is C21H33ClN4O3S. The van der Waals surface area contributed by atoms with Crippen molar-refractivity contribution in [2.45, 2.75) is 69.7 Å². The minimum atomic E-state index is -0.537. The maximum atomic E-state index is 13.2. The summed E-state index contributed by atoms with van der Waals surface area (Å²) >= 11 is 1.47. The zero-order valence-electron chi connectivity index (χ0n) is 17.9. The highest BCUT2D eigenvalue weighted by Crippen LogP contribution is 2.27. The van der Waals surface area contributed by atoms with Crippen LogP contribution in [0.25, 0.3) is 0 Å². The summed E-state index contributed by atoms with van der Waals surface area (Å²) in [5, 5.41) is 8.46. The zero-order chi connectivity index (χ0) is 20.6. The molecule has 1 unspecified atom stereocenters. The van der Waals surface area contributed by atoms with Crippen molar-refractivity contribution in [2.24, 2.45) is 5.92 Å². The predicted octanol–water partition coefficient (Wildman–Crippen LogP) is 3.84. The molecule has 0 aromatic carbocycles. The predicted molar refractivity (Wildman–Crippen MR) is 120 cm³/mol. The van der Waals surface area contributed by atoms with E-state index in [1.807, 2.05) is 0 Å². The summed E-state index contributed by atoms with van der Waals surface area (Å²) in [7, 11) is 0. The van der Waals surface area contributed by atoms with Crippen molar-refractivity contribution in [3.63, 3.8) is 0 Å². The molecule has 3 rings (SSSR count). The van der Waals surface area contributed by atoms with E-state index in [1.54, 1.807) is 4.90 Å². The number of aromatic nitrogens is 2. The van der Waals surface area contributed by atoms with Crippen LogP contribution in [0.5, 0.6) is 0 Å². The number of carbonyl (C=O) groups excluding carboxylic acids is 2. The molecule has 0 saturated heterocycles. The number of rotatable bonds is 11. The Labute approximate surface area is 189 Å². The molecule has 1 aliphatic carbocycles. The molecule has 1 aromatic heterocycles. The highest BCUT2D eigenvalue weighted by Gasteiger charge is 2.35. The Kier molecular flexibility index (Phi) is 10.3. The average Bonchev–Trinajstić information content (AvgIpc) is 3.40. The Morgan fingerprint density at radius 2 is 1.97 bits per heavy atom. The van der Waals surface area contributed by atoms with Crippen LogP contribution in [0.2, 0.25) is 0 Å². The van der Waals surface area contributed by atoms with E-state index in [0.29, 0.717) is 11.6 Å². The molecule has 30 heavy (non-hydrogen) atoms. The topological polar surface area (TPSA) is 79.5 Å². The van der Waals surface area contributed by atoms with Crippen LogP contribution in [-0.4, -0.2) is 69.7 Å². The first-order valence-corrected chi connectivity index (χ1v) is 11.7. The smallest absolute Gasteiger partial charge is 0.286 e. The van der Waals surface area contributed by atoms with Crippen molar-refractivity contribution in [1.29, 1.82) is 0 Å². The fourth-order valence-corrected chi connectivity index (χ4v) is 4.84. The first kappa shape index (κ1) is 24.9. The van der Waals surface area contributed by atoms with Crippen LogP contribution >= 0.6 is 24.2 Å². The molecule has 1 aromatic rings. The number of hydrogen-bond donors (Lipinski definition) is 0. The van der Waals surface area contributed by atoms with Gasteiger partial charge in [0.05, 0.1) is 0 Å². The Balaban J connectivity index is 0.00000320. The molecule has 2 aliphatic rings. The maximum Gasteiger partial charge on any atom is 0.286 e. The molecular weight excluding hydrogens is 424 g/mol. The minimum absolute atomic E-state index is 0. The van der Waals surface area contributed by atoms with Crippen LogP contribution < -0.4 is 0 Å². The van der Waals surface area contributed by atoms with Gasteiger partial charge >= 0.3 is 0 Å². The highest BCUT2D eigenvalue weighted by molar-refractivity contribution is 7.99. The van der Waals surface area contributed by atoms with E-state index >= 15 is 0 Å². The summed E-state index contributed by atoms with van der Waals surface area (Å²) in [4.78, 5) is 29.2. The minimum Gasteiger partial charge on any atom is -0.408 e. The second-order valence-electron chi connectivity index (χ2n) is 8.31.